The number of ether oxygens (including phenoxy) is 2. The van der Waals surface area contributed by atoms with Gasteiger partial charge >= 0.3 is 0 Å². The molecule has 0 bridgehead atoms. The number of phenolic OH excluding ortho intramolecular Hbond substituents is 1. The number of rotatable bonds is 9. The summed E-state index contributed by atoms with van der Waals surface area (Å²) in [6.07, 6.45) is 3.82. The molecule has 1 N–H and O–H groups in total. The van der Waals surface area contributed by atoms with E-state index >= 15 is 0 Å². The molecule has 0 fully saturated rings. The van der Waals surface area contributed by atoms with Gasteiger partial charge in [0, 0.05) is 0 Å². The van der Waals surface area contributed by atoms with Crippen LogP contribution in [0.2, 0.25) is 0 Å². The molecule has 0 saturated carbocycles. The molecule has 0 spiro atoms. The first-order chi connectivity index (χ1) is 15.7. The molecule has 0 aromatic heterocycles. The summed E-state index contributed by atoms with van der Waals surface area (Å²) in [7, 11) is 1.69. The Kier molecular flexibility index (Phi) is 7.08. The van der Waals surface area contributed by atoms with Crippen LogP contribution >= 0.6 is 0 Å². The van der Waals surface area contributed by atoms with Gasteiger partial charge in [-0.15, -0.1) is 0 Å². The first kappa shape index (κ1) is 21.5. The van der Waals surface area contributed by atoms with Crippen LogP contribution in [0.1, 0.15) is 22.3 Å². The predicted molar refractivity (Wildman–Crippen MR) is 129 cm³/mol. The van der Waals surface area contributed by atoms with Gasteiger partial charge in [-0.3, -0.25) is 0 Å². The van der Waals surface area contributed by atoms with Crippen molar-refractivity contribution in [1.29, 1.82) is 0 Å². The van der Waals surface area contributed by atoms with Crippen molar-refractivity contribution in [2.45, 2.75) is 25.7 Å². The first-order valence-corrected chi connectivity index (χ1v) is 10.9. The van der Waals surface area contributed by atoms with Crippen LogP contribution in [0.5, 0.6) is 23.0 Å². The number of aryl methyl sites for hydroxylation is 4. The molecule has 0 unspecified atom stereocenters. The minimum absolute atomic E-state index is 0.306. The van der Waals surface area contributed by atoms with Crippen LogP contribution in [-0.2, 0) is 25.7 Å². The lowest BCUT2D eigenvalue weighted by molar-refractivity contribution is 0.414. The lowest BCUT2D eigenvalue weighted by Crippen LogP contribution is -1.93. The second kappa shape index (κ2) is 10.5. The summed E-state index contributed by atoms with van der Waals surface area (Å²) in [6.45, 7) is 0. The summed E-state index contributed by atoms with van der Waals surface area (Å²) in [5.41, 5.74) is 5.03. The Morgan fingerprint density at radius 3 is 1.59 bits per heavy atom. The third-order valence-electron chi connectivity index (χ3n) is 5.56. The third-order valence-corrected chi connectivity index (χ3v) is 5.56. The van der Waals surface area contributed by atoms with Gasteiger partial charge in [0.25, 0.3) is 0 Å². The van der Waals surface area contributed by atoms with Crippen LogP contribution in [0.4, 0.5) is 0 Å². The van der Waals surface area contributed by atoms with E-state index in [1.165, 1.54) is 22.3 Å². The van der Waals surface area contributed by atoms with E-state index in [0.717, 1.165) is 42.9 Å². The Bertz CT molecular complexity index is 1110. The van der Waals surface area contributed by atoms with Gasteiger partial charge in [-0.05, 0) is 96.5 Å². The molecule has 162 valence electrons. The van der Waals surface area contributed by atoms with E-state index < -0.39 is 0 Å². The molecule has 0 atom stereocenters. The maximum absolute atomic E-state index is 9.39. The van der Waals surface area contributed by atoms with Crippen molar-refractivity contribution in [1.82, 2.24) is 0 Å². The zero-order chi connectivity index (χ0) is 22.2. The van der Waals surface area contributed by atoms with Crippen LogP contribution in [0.15, 0.2) is 97.1 Å². The minimum Gasteiger partial charge on any atom is -0.508 e. The second-order valence-electron chi connectivity index (χ2n) is 7.91. The Hall–Kier alpha value is -3.72. The Morgan fingerprint density at radius 2 is 1.03 bits per heavy atom. The van der Waals surface area contributed by atoms with Gasteiger partial charge in [0.2, 0.25) is 0 Å². The molecule has 0 aliphatic rings. The summed E-state index contributed by atoms with van der Waals surface area (Å²) in [4.78, 5) is 0. The van der Waals surface area contributed by atoms with Gasteiger partial charge in [-0.25, -0.2) is 0 Å². The molecule has 0 radical (unpaired) electrons. The topological polar surface area (TPSA) is 38.7 Å². The summed E-state index contributed by atoms with van der Waals surface area (Å²) in [5, 5.41) is 9.39. The van der Waals surface area contributed by atoms with E-state index in [2.05, 4.69) is 36.4 Å². The largest absolute Gasteiger partial charge is 0.508 e. The average molecular weight is 425 g/mol. The van der Waals surface area contributed by atoms with Gasteiger partial charge in [-0.2, -0.15) is 0 Å². The maximum Gasteiger partial charge on any atom is 0.127 e. The van der Waals surface area contributed by atoms with Crippen molar-refractivity contribution in [3.63, 3.8) is 0 Å². The molecular weight excluding hydrogens is 396 g/mol. The van der Waals surface area contributed by atoms with Gasteiger partial charge in [0.15, 0.2) is 0 Å². The molecule has 0 saturated heterocycles. The number of hydrogen-bond donors (Lipinski definition) is 1. The van der Waals surface area contributed by atoms with Crippen LogP contribution < -0.4 is 9.47 Å². The average Bonchev–Trinajstić information content (AvgIpc) is 2.84. The molecule has 0 heterocycles. The number of aromatic hydroxyl groups is 1. The Labute approximate surface area is 189 Å². The number of benzene rings is 4. The maximum atomic E-state index is 9.39. The normalized spacial score (nSPS) is 10.7. The molecule has 32 heavy (non-hydrogen) atoms. The standard InChI is InChI=1S/C29H28O3/c1-31-27-17-11-24(12-18-27)7-8-25-3-2-4-29(21-25)32-28-19-13-23(14-20-28)6-5-22-9-15-26(30)16-10-22/h2-4,9-21,30H,5-8H2,1H3. The summed E-state index contributed by atoms with van der Waals surface area (Å²) < 4.78 is 11.3. The first-order valence-electron chi connectivity index (χ1n) is 10.9. The molecule has 0 aliphatic heterocycles. The fourth-order valence-corrected chi connectivity index (χ4v) is 3.66. The van der Waals surface area contributed by atoms with Crippen molar-refractivity contribution in [3.05, 3.63) is 119 Å². The smallest absolute Gasteiger partial charge is 0.127 e. The molecule has 0 amide bonds. The number of methoxy groups -OCH3 is 1. The molecule has 4 aromatic carbocycles. The van der Waals surface area contributed by atoms with Crippen LogP contribution in [0.25, 0.3) is 0 Å². The fourth-order valence-electron chi connectivity index (χ4n) is 3.66. The van der Waals surface area contributed by atoms with Crippen LogP contribution in [0.3, 0.4) is 0 Å². The van der Waals surface area contributed by atoms with E-state index in [1.807, 2.05) is 48.5 Å². The summed E-state index contributed by atoms with van der Waals surface area (Å²) in [6, 6.07) is 32.2. The highest BCUT2D eigenvalue weighted by Gasteiger charge is 2.03. The highest BCUT2D eigenvalue weighted by atomic mass is 16.5. The quantitative estimate of drug-likeness (QED) is 0.322. The molecular formula is C29H28O3. The molecule has 3 nitrogen and oxygen atoms in total. The van der Waals surface area contributed by atoms with Crippen molar-refractivity contribution in [2.24, 2.45) is 0 Å². The molecule has 4 rings (SSSR count). The van der Waals surface area contributed by atoms with Gasteiger partial charge in [0.05, 0.1) is 7.11 Å². The molecule has 4 aromatic rings. The van der Waals surface area contributed by atoms with Crippen molar-refractivity contribution < 1.29 is 14.6 Å². The highest BCUT2D eigenvalue weighted by Crippen LogP contribution is 2.24. The SMILES string of the molecule is COc1ccc(CCc2cccc(Oc3ccc(CCc4ccc(O)cc4)cc3)c2)cc1. The zero-order valence-electron chi connectivity index (χ0n) is 18.3. The Morgan fingerprint density at radius 1 is 0.531 bits per heavy atom. The van der Waals surface area contributed by atoms with E-state index in [0.29, 0.717) is 5.75 Å². The van der Waals surface area contributed by atoms with Gasteiger partial charge in [-0.1, -0.05) is 48.5 Å². The highest BCUT2D eigenvalue weighted by molar-refractivity contribution is 5.36. The molecule has 0 aliphatic carbocycles. The lowest BCUT2D eigenvalue weighted by Gasteiger charge is -2.09. The van der Waals surface area contributed by atoms with Gasteiger partial charge < -0.3 is 14.6 Å². The number of phenols is 1. The third kappa shape index (κ3) is 6.14. The lowest BCUT2D eigenvalue weighted by atomic mass is 10.0. The molecule has 3 heteroatoms. The predicted octanol–water partition coefficient (Wildman–Crippen LogP) is 6.76. The van der Waals surface area contributed by atoms with Gasteiger partial charge in [0.1, 0.15) is 23.0 Å². The van der Waals surface area contributed by atoms with Crippen molar-refractivity contribution in [2.75, 3.05) is 7.11 Å². The van der Waals surface area contributed by atoms with E-state index in [-0.39, 0.29) is 0 Å². The van der Waals surface area contributed by atoms with E-state index in [1.54, 1.807) is 19.2 Å². The van der Waals surface area contributed by atoms with Crippen molar-refractivity contribution in [3.8, 4) is 23.0 Å². The fraction of sp³-hybridized carbons (Fsp3) is 0.172. The summed E-state index contributed by atoms with van der Waals surface area (Å²) >= 11 is 0. The van der Waals surface area contributed by atoms with Crippen molar-refractivity contribution >= 4 is 0 Å². The van der Waals surface area contributed by atoms with E-state index in [9.17, 15) is 5.11 Å². The Balaban J connectivity index is 1.31. The second-order valence-corrected chi connectivity index (χ2v) is 7.91. The summed E-state index contributed by atoms with van der Waals surface area (Å²) in [5.74, 6) is 2.88. The zero-order valence-corrected chi connectivity index (χ0v) is 18.3. The number of hydrogen-bond acceptors (Lipinski definition) is 3. The van der Waals surface area contributed by atoms with E-state index in [4.69, 9.17) is 9.47 Å². The van der Waals surface area contributed by atoms with Crippen LogP contribution in [-0.4, -0.2) is 12.2 Å². The van der Waals surface area contributed by atoms with Crippen LogP contribution in [0, 0.1) is 0 Å². The monoisotopic (exact) mass is 424 g/mol. The minimum atomic E-state index is 0.306.